The molecule has 1 N–H and O–H groups in total. The van der Waals surface area contributed by atoms with Crippen molar-refractivity contribution in [2.24, 2.45) is 0 Å². The van der Waals surface area contributed by atoms with Crippen LogP contribution < -0.4 is 10.2 Å². The minimum atomic E-state index is -0.205. The van der Waals surface area contributed by atoms with Gasteiger partial charge in [-0.3, -0.25) is 0 Å². The van der Waals surface area contributed by atoms with E-state index in [1.807, 2.05) is 37.4 Å². The molecule has 0 fully saturated rings. The highest BCUT2D eigenvalue weighted by atomic mass is 32.1. The first kappa shape index (κ1) is 14.0. The third-order valence-electron chi connectivity index (χ3n) is 2.83. The Labute approximate surface area is 117 Å². The van der Waals surface area contributed by atoms with Crippen LogP contribution in [0.15, 0.2) is 23.6 Å². The number of rotatable bonds is 5. The second-order valence-electron chi connectivity index (χ2n) is 4.56. The van der Waals surface area contributed by atoms with Gasteiger partial charge in [0.1, 0.15) is 5.82 Å². The van der Waals surface area contributed by atoms with E-state index < -0.39 is 0 Å². The molecular weight excluding hydrogens is 261 g/mol. The van der Waals surface area contributed by atoms with Gasteiger partial charge in [-0.25, -0.2) is 9.37 Å². The molecule has 0 unspecified atom stereocenters. The highest BCUT2D eigenvalue weighted by Crippen LogP contribution is 2.20. The van der Waals surface area contributed by atoms with Crippen LogP contribution in [0.1, 0.15) is 16.3 Å². The zero-order valence-electron chi connectivity index (χ0n) is 11.4. The fraction of sp³-hybridized carbons (Fsp3) is 0.357. The Morgan fingerprint density at radius 1 is 1.37 bits per heavy atom. The van der Waals surface area contributed by atoms with Crippen LogP contribution in [0.2, 0.25) is 0 Å². The first-order valence-corrected chi connectivity index (χ1v) is 7.02. The fourth-order valence-electron chi connectivity index (χ4n) is 1.98. The van der Waals surface area contributed by atoms with Gasteiger partial charge >= 0.3 is 0 Å². The first-order valence-electron chi connectivity index (χ1n) is 6.14. The summed E-state index contributed by atoms with van der Waals surface area (Å²) >= 11 is 1.63. The second kappa shape index (κ2) is 6.12. The summed E-state index contributed by atoms with van der Waals surface area (Å²) in [6, 6.07) is 5.11. The van der Waals surface area contributed by atoms with Gasteiger partial charge < -0.3 is 10.2 Å². The molecule has 3 nitrogen and oxygen atoms in total. The van der Waals surface area contributed by atoms with E-state index in [1.165, 1.54) is 0 Å². The molecule has 0 aliphatic carbocycles. The molecule has 0 amide bonds. The molecule has 2 aromatic rings. The Balaban J connectivity index is 2.15. The number of hydrogen-bond acceptors (Lipinski definition) is 4. The molecule has 0 radical (unpaired) electrons. The van der Waals surface area contributed by atoms with Crippen LogP contribution >= 0.6 is 11.3 Å². The van der Waals surface area contributed by atoms with Crippen LogP contribution in [0.25, 0.3) is 0 Å². The first-order chi connectivity index (χ1) is 9.08. The summed E-state index contributed by atoms with van der Waals surface area (Å²) in [7, 11) is 3.80. The van der Waals surface area contributed by atoms with Crippen molar-refractivity contribution in [2.45, 2.75) is 20.0 Å². The number of nitrogens with one attached hydrogen (secondary N) is 1. The summed E-state index contributed by atoms with van der Waals surface area (Å²) in [5.74, 6) is -0.205. The summed E-state index contributed by atoms with van der Waals surface area (Å²) in [5.41, 5.74) is 2.83. The van der Waals surface area contributed by atoms with Crippen molar-refractivity contribution in [3.63, 3.8) is 0 Å². The van der Waals surface area contributed by atoms with Crippen LogP contribution in [0.5, 0.6) is 0 Å². The van der Waals surface area contributed by atoms with Crippen LogP contribution in [0.3, 0.4) is 0 Å². The predicted molar refractivity (Wildman–Crippen MR) is 78.1 cm³/mol. The van der Waals surface area contributed by atoms with Crippen LogP contribution in [-0.2, 0) is 13.1 Å². The lowest BCUT2D eigenvalue weighted by Gasteiger charge is -2.19. The van der Waals surface area contributed by atoms with Crippen molar-refractivity contribution in [1.29, 1.82) is 0 Å². The molecule has 1 heterocycles. The average molecular weight is 279 g/mol. The van der Waals surface area contributed by atoms with Gasteiger partial charge in [-0.05, 0) is 37.7 Å². The van der Waals surface area contributed by atoms with Crippen molar-refractivity contribution < 1.29 is 4.39 Å². The molecule has 0 spiro atoms. The molecule has 0 saturated carbocycles. The van der Waals surface area contributed by atoms with E-state index in [1.54, 1.807) is 23.5 Å². The molecular formula is C14H18FN3S. The van der Waals surface area contributed by atoms with Gasteiger partial charge in [0.15, 0.2) is 0 Å². The average Bonchev–Trinajstić information content (AvgIpc) is 2.74. The Morgan fingerprint density at radius 2 is 2.16 bits per heavy atom. The highest BCUT2D eigenvalue weighted by Gasteiger charge is 2.07. The van der Waals surface area contributed by atoms with E-state index >= 15 is 0 Å². The number of aromatic nitrogens is 1. The standard InChI is InChI=1S/C14H18FN3S/c1-10-17-13(9-19-10)8-18(3)14-5-11(7-16-2)4-12(15)6-14/h4-6,9,16H,7-8H2,1-3H3. The molecule has 0 bridgehead atoms. The van der Waals surface area contributed by atoms with Crippen LogP contribution in [-0.4, -0.2) is 19.1 Å². The van der Waals surface area contributed by atoms with Crippen LogP contribution in [0, 0.1) is 12.7 Å². The summed E-state index contributed by atoms with van der Waals surface area (Å²) in [4.78, 5) is 6.44. The van der Waals surface area contributed by atoms with Gasteiger partial charge in [-0.15, -0.1) is 11.3 Å². The predicted octanol–water partition coefficient (Wildman–Crippen LogP) is 2.95. The molecule has 0 atom stereocenters. The summed E-state index contributed by atoms with van der Waals surface area (Å²) < 4.78 is 13.6. The lowest BCUT2D eigenvalue weighted by molar-refractivity contribution is 0.623. The number of hydrogen-bond donors (Lipinski definition) is 1. The molecule has 0 saturated heterocycles. The van der Waals surface area contributed by atoms with Crippen molar-refractivity contribution in [1.82, 2.24) is 10.3 Å². The number of aryl methyl sites for hydroxylation is 1. The number of anilines is 1. The molecule has 0 aliphatic heterocycles. The zero-order valence-corrected chi connectivity index (χ0v) is 12.2. The third-order valence-corrected chi connectivity index (χ3v) is 3.65. The Morgan fingerprint density at radius 3 is 2.79 bits per heavy atom. The number of thiazole rings is 1. The molecule has 5 heteroatoms. The molecule has 1 aromatic carbocycles. The maximum absolute atomic E-state index is 13.6. The van der Waals surface area contributed by atoms with Gasteiger partial charge in [0.2, 0.25) is 0 Å². The number of benzene rings is 1. The van der Waals surface area contributed by atoms with Gasteiger partial charge in [0.25, 0.3) is 0 Å². The monoisotopic (exact) mass is 279 g/mol. The van der Waals surface area contributed by atoms with Crippen molar-refractivity contribution in [3.05, 3.63) is 45.7 Å². The van der Waals surface area contributed by atoms with Gasteiger partial charge in [-0.1, -0.05) is 0 Å². The van der Waals surface area contributed by atoms with Crippen molar-refractivity contribution in [3.8, 4) is 0 Å². The summed E-state index contributed by atoms with van der Waals surface area (Å²) in [6.45, 7) is 3.34. The lowest BCUT2D eigenvalue weighted by Crippen LogP contribution is -2.17. The Kier molecular flexibility index (Phi) is 4.50. The van der Waals surface area contributed by atoms with E-state index in [0.717, 1.165) is 22.0 Å². The molecule has 0 aliphatic rings. The van der Waals surface area contributed by atoms with Crippen molar-refractivity contribution in [2.75, 3.05) is 19.0 Å². The Hall–Kier alpha value is -1.46. The van der Waals surface area contributed by atoms with E-state index in [2.05, 4.69) is 10.3 Å². The summed E-state index contributed by atoms with van der Waals surface area (Å²) in [5, 5.41) is 6.13. The van der Waals surface area contributed by atoms with E-state index in [9.17, 15) is 4.39 Å². The van der Waals surface area contributed by atoms with E-state index in [-0.39, 0.29) is 5.82 Å². The minimum absolute atomic E-state index is 0.205. The highest BCUT2D eigenvalue weighted by molar-refractivity contribution is 7.09. The van der Waals surface area contributed by atoms with E-state index in [0.29, 0.717) is 13.1 Å². The summed E-state index contributed by atoms with van der Waals surface area (Å²) in [6.07, 6.45) is 0. The maximum Gasteiger partial charge on any atom is 0.125 e. The van der Waals surface area contributed by atoms with E-state index in [4.69, 9.17) is 0 Å². The lowest BCUT2D eigenvalue weighted by atomic mass is 10.1. The quantitative estimate of drug-likeness (QED) is 0.912. The largest absolute Gasteiger partial charge is 0.369 e. The smallest absolute Gasteiger partial charge is 0.125 e. The number of halogens is 1. The van der Waals surface area contributed by atoms with Crippen LogP contribution in [0.4, 0.5) is 10.1 Å². The fourth-order valence-corrected chi connectivity index (χ4v) is 2.58. The normalized spacial score (nSPS) is 10.7. The minimum Gasteiger partial charge on any atom is -0.369 e. The molecule has 1 aromatic heterocycles. The van der Waals surface area contributed by atoms with Gasteiger partial charge in [0.05, 0.1) is 17.2 Å². The Bertz CT molecular complexity index is 553. The second-order valence-corrected chi connectivity index (χ2v) is 5.62. The molecule has 102 valence electrons. The topological polar surface area (TPSA) is 28.2 Å². The SMILES string of the molecule is CNCc1cc(F)cc(N(C)Cc2csc(C)n2)c1. The molecule has 19 heavy (non-hydrogen) atoms. The van der Waals surface area contributed by atoms with Gasteiger partial charge in [0, 0.05) is 24.7 Å². The molecule has 2 rings (SSSR count). The zero-order chi connectivity index (χ0) is 13.8. The van der Waals surface area contributed by atoms with Gasteiger partial charge in [-0.2, -0.15) is 0 Å². The number of nitrogens with zero attached hydrogens (tertiary/aromatic N) is 2. The van der Waals surface area contributed by atoms with Crippen molar-refractivity contribution >= 4 is 17.0 Å². The third kappa shape index (κ3) is 3.75. The maximum atomic E-state index is 13.6.